The van der Waals surface area contributed by atoms with E-state index in [9.17, 15) is 0 Å². The zero-order chi connectivity index (χ0) is 22.7. The molecule has 0 aromatic heterocycles. The van der Waals surface area contributed by atoms with E-state index in [0.717, 1.165) is 45.1 Å². The molecule has 5 nitrogen and oxygen atoms in total. The van der Waals surface area contributed by atoms with Crippen molar-refractivity contribution >= 4 is 11.4 Å². The summed E-state index contributed by atoms with van der Waals surface area (Å²) in [5.41, 5.74) is 1.48. The van der Waals surface area contributed by atoms with E-state index in [4.69, 9.17) is 5.10 Å². The third-order valence-electron chi connectivity index (χ3n) is 7.93. The SMILES string of the molecule is CC(C)C.CC1=NN=C(CC2CN3CCN4CCN2C[C@]([18F])(C4)C3)C2CCCCCCC12. The maximum atomic E-state index is 15.7. The summed E-state index contributed by atoms with van der Waals surface area (Å²) in [4.78, 5) is 7.19. The molecule has 6 unspecified atom stereocenters. The van der Waals surface area contributed by atoms with Crippen LogP contribution in [0.1, 0.15) is 72.6 Å². The molecule has 7 atom stereocenters. The summed E-state index contributed by atoms with van der Waals surface area (Å²) in [5.74, 6) is 1.99. The number of alkyl halides is 1. The van der Waals surface area contributed by atoms with Gasteiger partial charge in [0.1, 0.15) is 5.67 Å². The Labute approximate surface area is 195 Å². The lowest BCUT2D eigenvalue weighted by molar-refractivity contribution is 0.0928. The Kier molecular flexibility index (Phi) is 8.05. The summed E-state index contributed by atoms with van der Waals surface area (Å²) >= 11 is 0. The molecule has 4 heterocycles. The molecule has 0 N–H and O–H groups in total. The van der Waals surface area contributed by atoms with Crippen LogP contribution in [0.4, 0.5) is 4.39 Å². The predicted molar refractivity (Wildman–Crippen MR) is 132 cm³/mol. The van der Waals surface area contributed by atoms with Crippen LogP contribution in [-0.2, 0) is 0 Å². The Balaban J connectivity index is 0.000000567. The van der Waals surface area contributed by atoms with Gasteiger partial charge in [-0.05, 0) is 25.7 Å². The highest BCUT2D eigenvalue weighted by atomic mass is 18.2. The third kappa shape index (κ3) is 5.98. The molecule has 1 aliphatic carbocycles. The van der Waals surface area contributed by atoms with Crippen molar-refractivity contribution in [1.82, 2.24) is 14.7 Å². The lowest BCUT2D eigenvalue weighted by atomic mass is 9.75. The topological polar surface area (TPSA) is 34.4 Å². The first-order valence-corrected chi connectivity index (χ1v) is 13.3. The number of rotatable bonds is 2. The molecule has 1 saturated carbocycles. The first-order chi connectivity index (χ1) is 15.3. The molecule has 3 saturated heterocycles. The Morgan fingerprint density at radius 1 is 0.875 bits per heavy atom. The number of hydrogen-bond acceptors (Lipinski definition) is 5. The third-order valence-corrected chi connectivity index (χ3v) is 7.93. The van der Waals surface area contributed by atoms with Gasteiger partial charge < -0.3 is 0 Å². The second-order valence-corrected chi connectivity index (χ2v) is 11.8. The summed E-state index contributed by atoms with van der Waals surface area (Å²) in [6.07, 6.45) is 8.86. The van der Waals surface area contributed by atoms with E-state index in [1.54, 1.807) is 0 Å². The molecule has 0 amide bonds. The van der Waals surface area contributed by atoms with Gasteiger partial charge in [-0.1, -0.05) is 46.5 Å². The summed E-state index contributed by atoms with van der Waals surface area (Å²) in [6.45, 7) is 15.5. The lowest BCUT2D eigenvalue weighted by Gasteiger charge is -2.36. The Morgan fingerprint density at radius 2 is 1.50 bits per heavy atom. The van der Waals surface area contributed by atoms with Crippen LogP contribution < -0.4 is 0 Å². The van der Waals surface area contributed by atoms with Gasteiger partial charge in [0.2, 0.25) is 0 Å². The minimum Gasteiger partial charge on any atom is -0.298 e. The van der Waals surface area contributed by atoms with Gasteiger partial charge in [0.05, 0.1) is 0 Å². The fourth-order valence-corrected chi connectivity index (χ4v) is 6.48. The highest BCUT2D eigenvalue weighted by molar-refractivity contribution is 5.97. The average Bonchev–Trinajstić information content (AvgIpc) is 3.00. The zero-order valence-electron chi connectivity index (χ0n) is 21.0. The number of halogens is 1. The van der Waals surface area contributed by atoms with Crippen molar-refractivity contribution in [2.75, 3.05) is 52.4 Å². The standard InChI is InChI=1S/C22H36FN5.C4H10/c1-17-19-6-4-2-3-5-7-20(19)21(25-24-17)12-18-13-27-9-8-26-10-11-28(18)16-22(23,14-26)15-27;1-4(2)3/h18-20H,2-16H2,1H3;4H,1-3H3/t18?,19?,20?,22-;/m0./s1/i23-1;. The smallest absolute Gasteiger partial charge is 0.148 e. The molecule has 6 heteroatoms. The first-order valence-electron chi connectivity index (χ1n) is 13.3. The van der Waals surface area contributed by atoms with Crippen LogP contribution in [0.3, 0.4) is 0 Å². The Morgan fingerprint density at radius 3 is 2.25 bits per heavy atom. The van der Waals surface area contributed by atoms with E-state index in [0.29, 0.717) is 37.5 Å². The van der Waals surface area contributed by atoms with Gasteiger partial charge in [-0.3, -0.25) is 14.7 Å². The molecule has 4 fully saturated rings. The summed E-state index contributed by atoms with van der Waals surface area (Å²) in [7, 11) is 0. The molecule has 5 rings (SSSR count). The minimum atomic E-state index is -1.08. The van der Waals surface area contributed by atoms with Crippen LogP contribution in [0.15, 0.2) is 10.2 Å². The number of nitrogens with zero attached hydrogens (tertiary/aromatic N) is 5. The molecule has 4 bridgehead atoms. The predicted octanol–water partition coefficient (Wildman–Crippen LogP) is 4.48. The second-order valence-electron chi connectivity index (χ2n) is 11.8. The Hall–Kier alpha value is -0.850. The van der Waals surface area contributed by atoms with E-state index >= 15 is 4.39 Å². The molecule has 5 aliphatic rings. The maximum absolute atomic E-state index is 15.7. The largest absolute Gasteiger partial charge is 0.298 e. The van der Waals surface area contributed by atoms with Gasteiger partial charge in [0.15, 0.2) is 0 Å². The van der Waals surface area contributed by atoms with E-state index in [-0.39, 0.29) is 0 Å². The van der Waals surface area contributed by atoms with Crippen LogP contribution in [0.2, 0.25) is 0 Å². The summed E-state index contributed by atoms with van der Waals surface area (Å²) in [5, 5.41) is 9.36. The molecule has 4 aliphatic heterocycles. The van der Waals surface area contributed by atoms with Gasteiger partial charge in [0.25, 0.3) is 0 Å². The molecule has 182 valence electrons. The monoisotopic (exact) mass is 446 g/mol. The Bertz CT molecular complexity index is 689. The molecule has 32 heavy (non-hydrogen) atoms. The van der Waals surface area contributed by atoms with Crippen molar-refractivity contribution in [3.63, 3.8) is 0 Å². The fourth-order valence-electron chi connectivity index (χ4n) is 6.48. The number of fused-ring (bicyclic) bond motifs is 4. The van der Waals surface area contributed by atoms with Gasteiger partial charge in [-0.15, -0.1) is 0 Å². The van der Waals surface area contributed by atoms with Gasteiger partial charge >= 0.3 is 0 Å². The lowest BCUT2D eigenvalue weighted by Crippen LogP contribution is -2.47. The van der Waals surface area contributed by atoms with Crippen LogP contribution in [0, 0.1) is 17.8 Å². The van der Waals surface area contributed by atoms with Crippen molar-refractivity contribution in [1.29, 1.82) is 0 Å². The molecular weight excluding hydrogens is 400 g/mol. The van der Waals surface area contributed by atoms with Crippen LogP contribution >= 0.6 is 0 Å². The summed E-state index contributed by atoms with van der Waals surface area (Å²) < 4.78 is 15.7. The highest BCUT2D eigenvalue weighted by Gasteiger charge is 2.46. The zero-order valence-corrected chi connectivity index (χ0v) is 21.0. The van der Waals surface area contributed by atoms with E-state index < -0.39 is 5.67 Å². The van der Waals surface area contributed by atoms with Crippen molar-refractivity contribution in [2.24, 2.45) is 28.0 Å². The highest BCUT2D eigenvalue weighted by Crippen LogP contribution is 2.35. The van der Waals surface area contributed by atoms with Gasteiger partial charge in [-0.25, -0.2) is 4.39 Å². The van der Waals surface area contributed by atoms with Crippen molar-refractivity contribution < 1.29 is 4.39 Å². The van der Waals surface area contributed by atoms with E-state index in [2.05, 4.69) is 47.5 Å². The molecule has 0 aromatic carbocycles. The number of hydrogen-bond donors (Lipinski definition) is 0. The van der Waals surface area contributed by atoms with Crippen molar-refractivity contribution in [2.45, 2.75) is 84.4 Å². The molecule has 0 spiro atoms. The fraction of sp³-hybridized carbons (Fsp3) is 0.923. The normalized spacial score (nSPS) is 41.7. The first kappa shape index (κ1) is 24.3. The minimum absolute atomic E-state index is 0.383. The molecule has 0 radical (unpaired) electrons. The van der Waals surface area contributed by atoms with E-state index in [1.165, 1.54) is 49.9 Å². The summed E-state index contributed by atoms with van der Waals surface area (Å²) in [6, 6.07) is 0.383. The quantitative estimate of drug-likeness (QED) is 0.627. The van der Waals surface area contributed by atoms with Crippen molar-refractivity contribution in [3.05, 3.63) is 0 Å². The van der Waals surface area contributed by atoms with Crippen LogP contribution in [0.5, 0.6) is 0 Å². The molecular formula is C26H46FN5. The van der Waals surface area contributed by atoms with Crippen LogP contribution in [-0.4, -0.2) is 90.2 Å². The van der Waals surface area contributed by atoms with Crippen LogP contribution in [0.25, 0.3) is 0 Å². The second kappa shape index (κ2) is 10.6. The molecule has 0 aromatic rings. The van der Waals surface area contributed by atoms with Crippen molar-refractivity contribution in [3.8, 4) is 0 Å². The van der Waals surface area contributed by atoms with Gasteiger partial charge in [0, 0.05) is 88.1 Å². The van der Waals surface area contributed by atoms with Gasteiger partial charge in [-0.2, -0.15) is 10.2 Å². The average molecular weight is 447 g/mol. The maximum Gasteiger partial charge on any atom is 0.148 e. The van der Waals surface area contributed by atoms with E-state index in [1.807, 2.05) is 0 Å².